The largest absolute Gasteiger partial charge is 0.454 e. The minimum absolute atomic E-state index is 0.139. The summed E-state index contributed by atoms with van der Waals surface area (Å²) in [6.07, 6.45) is 1.84. The summed E-state index contributed by atoms with van der Waals surface area (Å²) in [5.74, 6) is 1.50. The van der Waals surface area contributed by atoms with Crippen molar-refractivity contribution < 1.29 is 18.4 Å². The minimum atomic E-state index is -0.139. The maximum Gasteiger partial charge on any atom is 0.231 e. The number of fused-ring (bicyclic) bond motifs is 2. The smallest absolute Gasteiger partial charge is 0.231 e. The molecule has 2 aromatic rings. The molecule has 2 aliphatic heterocycles. The molecule has 118 valence electrons. The Morgan fingerprint density at radius 2 is 1.91 bits per heavy atom. The van der Waals surface area contributed by atoms with Crippen molar-refractivity contribution in [2.75, 3.05) is 13.3 Å². The summed E-state index contributed by atoms with van der Waals surface area (Å²) in [7, 11) is 0. The fourth-order valence-electron chi connectivity index (χ4n) is 3.44. The lowest BCUT2D eigenvalue weighted by Gasteiger charge is -2.19. The van der Waals surface area contributed by atoms with Crippen LogP contribution in [0, 0.1) is 5.82 Å². The van der Waals surface area contributed by atoms with Gasteiger partial charge in [0, 0.05) is 18.4 Å². The van der Waals surface area contributed by atoms with Gasteiger partial charge in [-0.25, -0.2) is 8.97 Å². The Labute approximate surface area is 135 Å². The van der Waals surface area contributed by atoms with E-state index in [1.54, 1.807) is 6.07 Å². The molecule has 0 unspecified atom stereocenters. The molecule has 0 atom stereocenters. The topological polar surface area (TPSA) is 21.5 Å². The lowest BCUT2D eigenvalue weighted by atomic mass is 9.94. The van der Waals surface area contributed by atoms with Gasteiger partial charge in [-0.3, -0.25) is 0 Å². The summed E-state index contributed by atoms with van der Waals surface area (Å²) in [6, 6.07) is 11.2. The third kappa shape index (κ3) is 2.48. The van der Waals surface area contributed by atoms with Crippen LogP contribution >= 0.6 is 0 Å². The van der Waals surface area contributed by atoms with Crippen LogP contribution in [0.3, 0.4) is 0 Å². The summed E-state index contributed by atoms with van der Waals surface area (Å²) in [5.41, 5.74) is 4.48. The van der Waals surface area contributed by atoms with Crippen LogP contribution in [-0.4, -0.2) is 23.6 Å². The van der Waals surface area contributed by atoms with Crippen LogP contribution in [0.25, 0.3) is 0 Å². The Balaban J connectivity index is 1.76. The van der Waals surface area contributed by atoms with Gasteiger partial charge in [0.25, 0.3) is 0 Å². The number of halogens is 1. The van der Waals surface area contributed by atoms with E-state index >= 15 is 0 Å². The molecule has 0 saturated carbocycles. The highest BCUT2D eigenvalue weighted by atomic mass is 19.1. The van der Waals surface area contributed by atoms with Gasteiger partial charge in [-0.05, 0) is 29.8 Å². The second-order valence-electron chi connectivity index (χ2n) is 5.93. The molecule has 0 N–H and O–H groups in total. The number of rotatable bonds is 3. The zero-order valence-electron chi connectivity index (χ0n) is 13.1. The number of hydrogen-bond acceptors (Lipinski definition) is 2. The van der Waals surface area contributed by atoms with Crippen molar-refractivity contribution in [1.82, 2.24) is 0 Å². The van der Waals surface area contributed by atoms with E-state index in [9.17, 15) is 4.39 Å². The predicted molar refractivity (Wildman–Crippen MR) is 85.9 cm³/mol. The standard InChI is InChI=1S/C19H19FNO2/c1-2-17-15-10-19-18(22-12-23-19)9-13(15)7-8-21(17)11-14-5-3-4-6-16(14)20/h3-6,9-10H,2,7-8,11-12H2,1H3/q+1. The molecular formula is C19H19FNO2+. The second-order valence-corrected chi connectivity index (χ2v) is 5.93. The molecule has 4 heteroatoms. The minimum Gasteiger partial charge on any atom is -0.454 e. The Morgan fingerprint density at radius 1 is 1.13 bits per heavy atom. The highest BCUT2D eigenvalue weighted by molar-refractivity contribution is 5.99. The molecule has 0 fully saturated rings. The summed E-state index contributed by atoms with van der Waals surface area (Å²) in [4.78, 5) is 0. The van der Waals surface area contributed by atoms with E-state index < -0.39 is 0 Å². The summed E-state index contributed by atoms with van der Waals surface area (Å²) in [5, 5.41) is 0. The van der Waals surface area contributed by atoms with Gasteiger partial charge in [0.15, 0.2) is 23.8 Å². The van der Waals surface area contributed by atoms with E-state index in [2.05, 4.69) is 23.6 Å². The van der Waals surface area contributed by atoms with Gasteiger partial charge < -0.3 is 9.47 Å². The molecule has 0 radical (unpaired) electrons. The van der Waals surface area contributed by atoms with Crippen molar-refractivity contribution in [3.8, 4) is 11.5 Å². The molecule has 23 heavy (non-hydrogen) atoms. The van der Waals surface area contributed by atoms with Crippen LogP contribution in [0.1, 0.15) is 30.0 Å². The molecule has 0 bridgehead atoms. The van der Waals surface area contributed by atoms with Gasteiger partial charge in [-0.2, -0.15) is 0 Å². The van der Waals surface area contributed by atoms with E-state index in [0.29, 0.717) is 13.3 Å². The number of ether oxygens (including phenoxy) is 2. The van der Waals surface area contributed by atoms with Crippen LogP contribution in [0.5, 0.6) is 11.5 Å². The van der Waals surface area contributed by atoms with E-state index in [0.717, 1.165) is 36.4 Å². The quantitative estimate of drug-likeness (QED) is 0.809. The van der Waals surface area contributed by atoms with E-state index in [1.165, 1.54) is 22.9 Å². The zero-order valence-corrected chi connectivity index (χ0v) is 13.1. The molecule has 2 aliphatic rings. The molecule has 3 nitrogen and oxygen atoms in total. The predicted octanol–water partition coefficient (Wildman–Crippen LogP) is 3.52. The molecule has 0 saturated heterocycles. The molecule has 2 heterocycles. The monoisotopic (exact) mass is 312 g/mol. The fourth-order valence-corrected chi connectivity index (χ4v) is 3.44. The molecular weight excluding hydrogens is 293 g/mol. The maximum atomic E-state index is 14.0. The Kier molecular flexibility index (Phi) is 3.52. The van der Waals surface area contributed by atoms with Gasteiger partial charge in [0.05, 0.1) is 5.56 Å². The molecule has 2 aromatic carbocycles. The SMILES string of the molecule is CCC1=[N+](Cc2ccccc2F)CCc2cc3c(cc21)OCO3. The molecule has 0 spiro atoms. The summed E-state index contributed by atoms with van der Waals surface area (Å²) in [6.45, 7) is 3.93. The number of nitrogens with zero attached hydrogens (tertiary/aromatic N) is 1. The van der Waals surface area contributed by atoms with Crippen LogP contribution in [0.2, 0.25) is 0 Å². The van der Waals surface area contributed by atoms with Gasteiger partial charge >= 0.3 is 0 Å². The Morgan fingerprint density at radius 3 is 2.70 bits per heavy atom. The molecule has 4 rings (SSSR count). The second kappa shape index (κ2) is 5.69. The zero-order chi connectivity index (χ0) is 15.8. The van der Waals surface area contributed by atoms with Crippen LogP contribution in [-0.2, 0) is 13.0 Å². The van der Waals surface area contributed by atoms with Gasteiger partial charge in [0.1, 0.15) is 12.4 Å². The first-order valence-electron chi connectivity index (χ1n) is 8.03. The normalized spacial score (nSPS) is 15.7. The van der Waals surface area contributed by atoms with Gasteiger partial charge in [-0.15, -0.1) is 0 Å². The Hall–Kier alpha value is -2.36. The number of benzene rings is 2. The Bertz CT molecular complexity index is 798. The first-order valence-corrected chi connectivity index (χ1v) is 8.03. The molecule has 0 aliphatic carbocycles. The third-order valence-electron chi connectivity index (χ3n) is 4.60. The van der Waals surface area contributed by atoms with Crippen molar-refractivity contribution in [3.05, 3.63) is 58.9 Å². The fraction of sp³-hybridized carbons (Fsp3) is 0.316. The number of hydrogen-bond donors (Lipinski definition) is 0. The highest BCUT2D eigenvalue weighted by Crippen LogP contribution is 2.36. The van der Waals surface area contributed by atoms with Crippen molar-refractivity contribution in [2.24, 2.45) is 0 Å². The maximum absolute atomic E-state index is 14.0. The first-order chi connectivity index (χ1) is 11.3. The van der Waals surface area contributed by atoms with Crippen LogP contribution in [0.15, 0.2) is 36.4 Å². The lowest BCUT2D eigenvalue weighted by Crippen LogP contribution is -2.29. The molecule has 0 amide bonds. The average Bonchev–Trinajstić information content (AvgIpc) is 3.02. The van der Waals surface area contributed by atoms with Gasteiger partial charge in [0.2, 0.25) is 6.79 Å². The van der Waals surface area contributed by atoms with E-state index in [4.69, 9.17) is 9.47 Å². The van der Waals surface area contributed by atoms with Crippen molar-refractivity contribution in [3.63, 3.8) is 0 Å². The third-order valence-corrected chi connectivity index (χ3v) is 4.60. The van der Waals surface area contributed by atoms with Crippen LogP contribution in [0.4, 0.5) is 4.39 Å². The van der Waals surface area contributed by atoms with Crippen LogP contribution < -0.4 is 9.47 Å². The van der Waals surface area contributed by atoms with Crippen molar-refractivity contribution in [1.29, 1.82) is 0 Å². The summed E-state index contributed by atoms with van der Waals surface area (Å²) < 4.78 is 27.3. The van der Waals surface area contributed by atoms with Gasteiger partial charge in [-0.1, -0.05) is 19.1 Å². The summed E-state index contributed by atoms with van der Waals surface area (Å²) >= 11 is 0. The van der Waals surface area contributed by atoms with E-state index in [-0.39, 0.29) is 5.82 Å². The highest BCUT2D eigenvalue weighted by Gasteiger charge is 2.28. The van der Waals surface area contributed by atoms with E-state index in [1.807, 2.05) is 12.1 Å². The average molecular weight is 312 g/mol. The first kappa shape index (κ1) is 14.2. The lowest BCUT2D eigenvalue weighted by molar-refractivity contribution is -0.546. The van der Waals surface area contributed by atoms with Crippen molar-refractivity contribution in [2.45, 2.75) is 26.3 Å². The molecule has 0 aromatic heterocycles. The van der Waals surface area contributed by atoms with Crippen molar-refractivity contribution >= 4 is 5.71 Å².